The van der Waals surface area contributed by atoms with Gasteiger partial charge in [-0.05, 0) is 44.2 Å². The van der Waals surface area contributed by atoms with Gasteiger partial charge < -0.3 is 14.4 Å². The first-order chi connectivity index (χ1) is 16.7. The minimum Gasteiger partial charge on any atom is -0.462 e. The summed E-state index contributed by atoms with van der Waals surface area (Å²) in [5.74, 6) is 1.54. The molecule has 1 aliphatic heterocycles. The molecule has 184 valence electrons. The van der Waals surface area contributed by atoms with E-state index in [0.717, 1.165) is 83.2 Å². The Morgan fingerprint density at radius 3 is 2.65 bits per heavy atom. The predicted octanol–water partition coefficient (Wildman–Crippen LogP) is 3.88. The smallest absolute Gasteiger partial charge is 0.320 e. The molecule has 0 spiro atoms. The molecule has 0 radical (unpaired) electrons. The van der Waals surface area contributed by atoms with E-state index in [1.54, 1.807) is 0 Å². The topological polar surface area (TPSA) is 75.1 Å². The molecule has 2 aliphatic rings. The summed E-state index contributed by atoms with van der Waals surface area (Å²) in [6.07, 6.45) is 4.07. The minimum atomic E-state index is 0.397. The zero-order valence-electron chi connectivity index (χ0n) is 20.8. The quantitative estimate of drug-likeness (QED) is 0.504. The first-order valence-electron chi connectivity index (χ1n) is 12.7. The summed E-state index contributed by atoms with van der Waals surface area (Å²) in [7, 11) is 0. The highest BCUT2D eigenvalue weighted by Gasteiger charge is 2.18. The van der Waals surface area contributed by atoms with Crippen LogP contribution in [0.15, 0.2) is 29.4 Å². The Labute approximate surface area is 203 Å². The van der Waals surface area contributed by atoms with Crippen molar-refractivity contribution in [3.05, 3.63) is 41.0 Å². The number of fused-ring (bicyclic) bond motifs is 1. The minimum absolute atomic E-state index is 0.397. The van der Waals surface area contributed by atoms with E-state index in [-0.39, 0.29) is 0 Å². The van der Waals surface area contributed by atoms with E-state index in [1.807, 2.05) is 6.07 Å². The summed E-state index contributed by atoms with van der Waals surface area (Å²) in [5.41, 5.74) is 8.14. The number of ether oxygens (including phenoxy) is 2. The van der Waals surface area contributed by atoms with E-state index < -0.39 is 0 Å². The van der Waals surface area contributed by atoms with Crippen LogP contribution >= 0.6 is 0 Å². The normalized spacial score (nSPS) is 17.1. The van der Waals surface area contributed by atoms with Crippen LogP contribution < -0.4 is 15.1 Å². The number of nitrogens with one attached hydrogen (secondary N) is 1. The largest absolute Gasteiger partial charge is 0.462 e. The molecule has 1 saturated heterocycles. The van der Waals surface area contributed by atoms with Crippen LogP contribution in [0.2, 0.25) is 0 Å². The van der Waals surface area contributed by atoms with E-state index in [2.05, 4.69) is 59.2 Å². The molecule has 0 atom stereocenters. The fourth-order valence-electron chi connectivity index (χ4n) is 4.47. The molecule has 0 unspecified atom stereocenters. The zero-order valence-corrected chi connectivity index (χ0v) is 20.8. The third-order valence-electron chi connectivity index (χ3n) is 6.26. The Hall–Kier alpha value is -2.71. The van der Waals surface area contributed by atoms with Gasteiger partial charge in [0.15, 0.2) is 5.82 Å². The number of hydrogen-bond acceptors (Lipinski definition) is 8. The molecule has 4 rings (SSSR count). The Kier molecular flexibility index (Phi) is 8.71. The highest BCUT2D eigenvalue weighted by Crippen LogP contribution is 2.25. The molecule has 2 heterocycles. The lowest BCUT2D eigenvalue weighted by atomic mass is 10.1. The van der Waals surface area contributed by atoms with Crippen molar-refractivity contribution in [3.8, 4) is 6.01 Å². The second-order valence-electron chi connectivity index (χ2n) is 9.01. The van der Waals surface area contributed by atoms with Gasteiger partial charge in [-0.2, -0.15) is 15.1 Å². The Morgan fingerprint density at radius 2 is 1.88 bits per heavy atom. The SMILES string of the molecule is CCCN(CCC)c1cc(N/N=C2\CCc3ccc(C)cc32)nc(OCCN2CCOCC2)n1. The van der Waals surface area contributed by atoms with Gasteiger partial charge in [0.05, 0.1) is 18.9 Å². The Bertz CT molecular complexity index is 968. The molecule has 8 nitrogen and oxygen atoms in total. The summed E-state index contributed by atoms with van der Waals surface area (Å²) >= 11 is 0. The van der Waals surface area contributed by atoms with Gasteiger partial charge >= 0.3 is 6.01 Å². The molecule has 2 aromatic rings. The van der Waals surface area contributed by atoms with Crippen LogP contribution in [0, 0.1) is 6.92 Å². The highest BCUT2D eigenvalue weighted by molar-refractivity contribution is 6.04. The van der Waals surface area contributed by atoms with Crippen molar-refractivity contribution >= 4 is 17.3 Å². The molecule has 1 fully saturated rings. The number of nitrogens with zero attached hydrogens (tertiary/aromatic N) is 5. The lowest BCUT2D eigenvalue weighted by Crippen LogP contribution is -2.38. The monoisotopic (exact) mass is 466 g/mol. The van der Waals surface area contributed by atoms with Gasteiger partial charge in [0.2, 0.25) is 0 Å². The van der Waals surface area contributed by atoms with Crippen molar-refractivity contribution in [2.75, 3.05) is 62.9 Å². The first-order valence-corrected chi connectivity index (χ1v) is 12.7. The van der Waals surface area contributed by atoms with Gasteiger partial charge in [0.25, 0.3) is 0 Å². The Morgan fingerprint density at radius 1 is 1.09 bits per heavy atom. The number of morpholine rings is 1. The van der Waals surface area contributed by atoms with E-state index in [1.165, 1.54) is 16.7 Å². The van der Waals surface area contributed by atoms with Crippen molar-refractivity contribution in [2.45, 2.75) is 46.5 Å². The van der Waals surface area contributed by atoms with Gasteiger partial charge in [-0.1, -0.05) is 31.5 Å². The van der Waals surface area contributed by atoms with E-state index in [9.17, 15) is 0 Å². The maximum atomic E-state index is 6.02. The van der Waals surface area contributed by atoms with Crippen molar-refractivity contribution in [1.82, 2.24) is 14.9 Å². The van der Waals surface area contributed by atoms with Crippen LogP contribution in [-0.4, -0.2) is 73.1 Å². The van der Waals surface area contributed by atoms with Crippen LogP contribution in [0.3, 0.4) is 0 Å². The molecule has 1 aliphatic carbocycles. The van der Waals surface area contributed by atoms with Crippen LogP contribution in [0.4, 0.5) is 11.6 Å². The third-order valence-corrected chi connectivity index (χ3v) is 6.26. The molecule has 0 amide bonds. The molecule has 8 heteroatoms. The average Bonchev–Trinajstić information content (AvgIpc) is 3.25. The molecule has 34 heavy (non-hydrogen) atoms. The number of hydrogen-bond donors (Lipinski definition) is 1. The lowest BCUT2D eigenvalue weighted by Gasteiger charge is -2.26. The predicted molar refractivity (Wildman–Crippen MR) is 137 cm³/mol. The molecular formula is C26H38N6O2. The van der Waals surface area contributed by atoms with Gasteiger partial charge in [-0.25, -0.2) is 0 Å². The number of benzene rings is 1. The van der Waals surface area contributed by atoms with E-state index in [4.69, 9.17) is 19.6 Å². The average molecular weight is 467 g/mol. The van der Waals surface area contributed by atoms with Crippen molar-refractivity contribution in [1.29, 1.82) is 0 Å². The molecule has 0 bridgehead atoms. The number of aryl methyl sites for hydroxylation is 2. The molecule has 0 saturated carbocycles. The van der Waals surface area contributed by atoms with Gasteiger partial charge in [-0.3, -0.25) is 10.3 Å². The maximum absolute atomic E-state index is 6.02. The van der Waals surface area contributed by atoms with Crippen LogP contribution in [0.1, 0.15) is 49.8 Å². The second-order valence-corrected chi connectivity index (χ2v) is 9.01. The molecule has 1 N–H and O–H groups in total. The molecule has 1 aromatic heterocycles. The van der Waals surface area contributed by atoms with Gasteiger partial charge in [0.1, 0.15) is 12.4 Å². The van der Waals surface area contributed by atoms with E-state index in [0.29, 0.717) is 18.4 Å². The summed E-state index contributed by atoms with van der Waals surface area (Å²) in [5, 5.41) is 4.74. The summed E-state index contributed by atoms with van der Waals surface area (Å²) in [6.45, 7) is 13.2. The Balaban J connectivity index is 1.51. The fourth-order valence-corrected chi connectivity index (χ4v) is 4.47. The highest BCUT2D eigenvalue weighted by atomic mass is 16.5. The maximum Gasteiger partial charge on any atom is 0.320 e. The lowest BCUT2D eigenvalue weighted by molar-refractivity contribution is 0.0317. The number of hydrazone groups is 1. The first kappa shape index (κ1) is 24.4. The van der Waals surface area contributed by atoms with Crippen LogP contribution in [-0.2, 0) is 11.2 Å². The zero-order chi connectivity index (χ0) is 23.8. The van der Waals surface area contributed by atoms with Crippen LogP contribution in [0.25, 0.3) is 0 Å². The van der Waals surface area contributed by atoms with Gasteiger partial charge in [-0.15, -0.1) is 0 Å². The molecule has 1 aromatic carbocycles. The number of aromatic nitrogens is 2. The standard InChI is InChI=1S/C26H38N6O2/c1-4-10-32(11-5-2)25-19-24(27-26(28-25)34-17-14-31-12-15-33-16-13-31)30-29-23-9-8-21-7-6-20(3)18-22(21)23/h6-7,18-19H,4-5,8-17H2,1-3H3,(H,27,28,30)/b29-23+. The molecular weight excluding hydrogens is 428 g/mol. The van der Waals surface area contributed by atoms with Crippen LogP contribution in [0.5, 0.6) is 6.01 Å². The third kappa shape index (κ3) is 6.45. The second kappa shape index (κ2) is 12.1. The fraction of sp³-hybridized carbons (Fsp3) is 0.577. The number of anilines is 2. The summed E-state index contributed by atoms with van der Waals surface area (Å²) in [4.78, 5) is 14.0. The van der Waals surface area contributed by atoms with Crippen molar-refractivity contribution in [3.63, 3.8) is 0 Å². The summed E-state index contributed by atoms with van der Waals surface area (Å²) in [6, 6.07) is 8.98. The van der Waals surface area contributed by atoms with Crippen molar-refractivity contribution < 1.29 is 9.47 Å². The van der Waals surface area contributed by atoms with Gasteiger partial charge in [0, 0.05) is 44.4 Å². The summed E-state index contributed by atoms with van der Waals surface area (Å²) < 4.78 is 11.5. The van der Waals surface area contributed by atoms with E-state index >= 15 is 0 Å². The number of rotatable bonds is 11. The van der Waals surface area contributed by atoms with Crippen molar-refractivity contribution in [2.24, 2.45) is 5.10 Å².